The first-order chi connectivity index (χ1) is 15.9. The first kappa shape index (κ1) is 23.5. The van der Waals surface area contributed by atoms with Crippen LogP contribution in [0.2, 0.25) is 0 Å². The predicted molar refractivity (Wildman–Crippen MR) is 123 cm³/mol. The van der Waals surface area contributed by atoms with Crippen molar-refractivity contribution in [3.63, 3.8) is 0 Å². The molecule has 0 N–H and O–H groups in total. The van der Waals surface area contributed by atoms with Crippen molar-refractivity contribution < 1.29 is 27.4 Å². The summed E-state index contributed by atoms with van der Waals surface area (Å²) in [6, 6.07) is 14.4. The smallest absolute Gasteiger partial charge is 0.243 e. The van der Waals surface area contributed by atoms with E-state index in [1.807, 2.05) is 30.3 Å². The number of hydrogen-bond donors (Lipinski definition) is 0. The zero-order valence-corrected chi connectivity index (χ0v) is 19.8. The summed E-state index contributed by atoms with van der Waals surface area (Å²) in [6.07, 6.45) is 1.25. The van der Waals surface area contributed by atoms with Crippen LogP contribution in [0.1, 0.15) is 18.4 Å². The van der Waals surface area contributed by atoms with Crippen LogP contribution >= 0.6 is 0 Å². The predicted octanol–water partition coefficient (Wildman–Crippen LogP) is 2.29. The maximum atomic E-state index is 13.7. The maximum absolute atomic E-state index is 13.7. The Bertz CT molecular complexity index is 1080. The molecule has 2 heterocycles. The minimum atomic E-state index is -3.72. The summed E-state index contributed by atoms with van der Waals surface area (Å²) >= 11 is 0. The number of methoxy groups -OCH3 is 2. The molecule has 9 heteroatoms. The second-order valence-corrected chi connectivity index (χ2v) is 10.2. The van der Waals surface area contributed by atoms with Gasteiger partial charge in [-0.1, -0.05) is 30.3 Å². The molecule has 178 valence electrons. The largest absolute Gasteiger partial charge is 0.493 e. The molecule has 0 bridgehead atoms. The third-order valence-corrected chi connectivity index (χ3v) is 8.50. The van der Waals surface area contributed by atoms with Crippen LogP contribution in [0.5, 0.6) is 11.5 Å². The normalized spacial score (nSPS) is 19.2. The summed E-state index contributed by atoms with van der Waals surface area (Å²) in [5, 5.41) is 0. The van der Waals surface area contributed by atoms with Gasteiger partial charge in [0.15, 0.2) is 11.5 Å². The summed E-state index contributed by atoms with van der Waals surface area (Å²) in [4.78, 5) is 15.7. The van der Waals surface area contributed by atoms with Gasteiger partial charge in [-0.3, -0.25) is 4.79 Å². The Morgan fingerprint density at radius 3 is 2.15 bits per heavy atom. The van der Waals surface area contributed by atoms with E-state index in [1.54, 1.807) is 11.0 Å². The number of ether oxygens (including phenoxy) is 3. The van der Waals surface area contributed by atoms with E-state index in [2.05, 4.69) is 0 Å². The van der Waals surface area contributed by atoms with E-state index in [4.69, 9.17) is 14.2 Å². The molecule has 0 radical (unpaired) electrons. The molecule has 0 spiro atoms. The minimum Gasteiger partial charge on any atom is -0.493 e. The number of piperazine rings is 1. The van der Waals surface area contributed by atoms with Gasteiger partial charge in [-0.25, -0.2) is 8.42 Å². The second kappa shape index (κ2) is 9.70. The van der Waals surface area contributed by atoms with Crippen molar-refractivity contribution in [1.29, 1.82) is 0 Å². The number of amides is 1. The number of carbonyl (C=O) groups excluding carboxylic acids is 1. The van der Waals surface area contributed by atoms with Crippen molar-refractivity contribution in [2.45, 2.75) is 23.2 Å². The number of rotatable bonds is 6. The SMILES string of the molecule is COc1ccc(S(=O)(=O)N2CCN(C(=O)C3(c4ccccc4)CCOCC3)CC2)cc1OC. The van der Waals surface area contributed by atoms with E-state index in [9.17, 15) is 13.2 Å². The molecular weight excluding hydrogens is 444 g/mol. The summed E-state index contributed by atoms with van der Waals surface area (Å²) < 4.78 is 43.9. The Labute approximate surface area is 195 Å². The molecule has 2 aliphatic rings. The number of carbonyl (C=O) groups is 1. The molecule has 2 aromatic carbocycles. The van der Waals surface area contributed by atoms with Crippen LogP contribution in [0.3, 0.4) is 0 Å². The molecule has 4 rings (SSSR count). The molecule has 0 saturated carbocycles. The molecule has 0 aliphatic carbocycles. The summed E-state index contributed by atoms with van der Waals surface area (Å²) in [7, 11) is -0.749. The summed E-state index contributed by atoms with van der Waals surface area (Å²) in [6.45, 7) is 2.25. The molecule has 0 unspecified atom stereocenters. The second-order valence-electron chi connectivity index (χ2n) is 8.27. The topological polar surface area (TPSA) is 85.4 Å². The van der Waals surface area contributed by atoms with Crippen LogP contribution < -0.4 is 9.47 Å². The monoisotopic (exact) mass is 474 g/mol. The molecule has 33 heavy (non-hydrogen) atoms. The van der Waals surface area contributed by atoms with Gasteiger partial charge in [0.25, 0.3) is 0 Å². The molecule has 0 atom stereocenters. The van der Waals surface area contributed by atoms with Crippen molar-refractivity contribution >= 4 is 15.9 Å². The van der Waals surface area contributed by atoms with Gasteiger partial charge >= 0.3 is 0 Å². The standard InChI is InChI=1S/C24H30N2O6S/c1-30-21-9-8-20(18-22(21)31-2)33(28,29)26-14-12-25(13-15-26)23(27)24(10-16-32-17-11-24)19-6-4-3-5-7-19/h3-9,18H,10-17H2,1-2H3. The molecule has 2 saturated heterocycles. The highest BCUT2D eigenvalue weighted by Gasteiger charge is 2.45. The van der Waals surface area contributed by atoms with Gasteiger partial charge in [-0.2, -0.15) is 4.31 Å². The summed E-state index contributed by atoms with van der Waals surface area (Å²) in [5.74, 6) is 0.881. The van der Waals surface area contributed by atoms with E-state index < -0.39 is 15.4 Å². The van der Waals surface area contributed by atoms with Crippen LogP contribution in [-0.4, -0.2) is 77.1 Å². The lowest BCUT2D eigenvalue weighted by Gasteiger charge is -2.42. The molecule has 8 nitrogen and oxygen atoms in total. The zero-order chi connectivity index (χ0) is 23.5. The molecule has 1 amide bonds. The van der Waals surface area contributed by atoms with Crippen molar-refractivity contribution in [2.24, 2.45) is 0 Å². The van der Waals surface area contributed by atoms with Crippen LogP contribution in [0.25, 0.3) is 0 Å². The van der Waals surface area contributed by atoms with Crippen LogP contribution in [-0.2, 0) is 25.0 Å². The third kappa shape index (κ3) is 4.45. The molecule has 2 aromatic rings. The fourth-order valence-corrected chi connectivity index (χ4v) is 6.10. The highest BCUT2D eigenvalue weighted by molar-refractivity contribution is 7.89. The van der Waals surface area contributed by atoms with Crippen LogP contribution in [0, 0.1) is 0 Å². The number of sulfonamides is 1. The Kier molecular flexibility index (Phi) is 6.92. The highest BCUT2D eigenvalue weighted by atomic mass is 32.2. The van der Waals surface area contributed by atoms with Gasteiger partial charge in [0.1, 0.15) is 0 Å². The van der Waals surface area contributed by atoms with Gasteiger partial charge in [0.05, 0.1) is 24.5 Å². The van der Waals surface area contributed by atoms with E-state index >= 15 is 0 Å². The molecule has 2 fully saturated rings. The van der Waals surface area contributed by atoms with Crippen molar-refractivity contribution in [3.05, 3.63) is 54.1 Å². The lowest BCUT2D eigenvalue weighted by molar-refractivity contribution is -0.142. The van der Waals surface area contributed by atoms with Gasteiger partial charge in [0.2, 0.25) is 15.9 Å². The fourth-order valence-electron chi connectivity index (χ4n) is 4.66. The van der Waals surface area contributed by atoms with E-state index in [1.165, 1.54) is 30.7 Å². The molecule has 2 aliphatic heterocycles. The van der Waals surface area contributed by atoms with Gasteiger partial charge < -0.3 is 19.1 Å². The average Bonchev–Trinajstić information content (AvgIpc) is 2.88. The van der Waals surface area contributed by atoms with Crippen LogP contribution in [0.4, 0.5) is 0 Å². The number of hydrogen-bond acceptors (Lipinski definition) is 6. The van der Waals surface area contributed by atoms with Gasteiger partial charge in [-0.05, 0) is 30.5 Å². The first-order valence-electron chi connectivity index (χ1n) is 11.1. The molecular formula is C24H30N2O6S. The first-order valence-corrected chi connectivity index (χ1v) is 12.5. The van der Waals surface area contributed by atoms with Crippen molar-refractivity contribution in [1.82, 2.24) is 9.21 Å². The van der Waals surface area contributed by atoms with E-state index in [0.29, 0.717) is 50.6 Å². The van der Waals surface area contributed by atoms with E-state index in [-0.39, 0.29) is 23.9 Å². The van der Waals surface area contributed by atoms with Crippen LogP contribution in [0.15, 0.2) is 53.4 Å². The Morgan fingerprint density at radius 2 is 1.55 bits per heavy atom. The Balaban J connectivity index is 1.50. The van der Waals surface area contributed by atoms with Gasteiger partial charge in [0, 0.05) is 45.5 Å². The zero-order valence-electron chi connectivity index (χ0n) is 19.0. The van der Waals surface area contributed by atoms with Crippen molar-refractivity contribution in [2.75, 3.05) is 53.6 Å². The fraction of sp³-hybridized carbons (Fsp3) is 0.458. The Hall–Kier alpha value is -2.62. The number of nitrogens with zero attached hydrogens (tertiary/aromatic N) is 2. The summed E-state index contributed by atoms with van der Waals surface area (Å²) in [5.41, 5.74) is 0.378. The third-order valence-electron chi connectivity index (χ3n) is 6.60. The number of benzene rings is 2. The maximum Gasteiger partial charge on any atom is 0.243 e. The van der Waals surface area contributed by atoms with Crippen molar-refractivity contribution in [3.8, 4) is 11.5 Å². The lowest BCUT2D eigenvalue weighted by atomic mass is 9.73. The molecule has 0 aromatic heterocycles. The Morgan fingerprint density at radius 1 is 0.909 bits per heavy atom. The highest BCUT2D eigenvalue weighted by Crippen LogP contribution is 2.37. The lowest BCUT2D eigenvalue weighted by Crippen LogP contribution is -2.56. The minimum absolute atomic E-state index is 0.0557. The van der Waals surface area contributed by atoms with Gasteiger partial charge in [-0.15, -0.1) is 0 Å². The quantitative estimate of drug-likeness (QED) is 0.639. The van der Waals surface area contributed by atoms with E-state index in [0.717, 1.165) is 5.56 Å². The average molecular weight is 475 g/mol.